The standard InChI is InChI=1S/C7H8ClNS2/c1-6-5-11-7(9-6)10-4-2-3-8/h2-3,5H,4H2,1H3. The first-order valence-electron chi connectivity index (χ1n) is 3.13. The summed E-state index contributed by atoms with van der Waals surface area (Å²) in [5.74, 6) is 0.899. The van der Waals surface area contributed by atoms with Crippen LogP contribution in [0.3, 0.4) is 0 Å². The average molecular weight is 206 g/mol. The SMILES string of the molecule is Cc1csc(SCC=CCl)n1. The molecule has 0 N–H and O–H groups in total. The van der Waals surface area contributed by atoms with E-state index in [4.69, 9.17) is 11.6 Å². The molecule has 0 saturated carbocycles. The van der Waals surface area contributed by atoms with E-state index in [1.807, 2.05) is 18.4 Å². The van der Waals surface area contributed by atoms with Crippen molar-refractivity contribution in [1.82, 2.24) is 4.98 Å². The van der Waals surface area contributed by atoms with E-state index in [0.717, 1.165) is 15.8 Å². The molecule has 0 aliphatic heterocycles. The topological polar surface area (TPSA) is 12.9 Å². The first-order chi connectivity index (χ1) is 5.33. The van der Waals surface area contributed by atoms with Gasteiger partial charge in [-0.05, 0) is 6.92 Å². The van der Waals surface area contributed by atoms with Crippen LogP contribution in [0.2, 0.25) is 0 Å². The van der Waals surface area contributed by atoms with Gasteiger partial charge >= 0.3 is 0 Å². The van der Waals surface area contributed by atoms with Crippen LogP contribution >= 0.6 is 34.7 Å². The molecule has 1 rings (SSSR count). The van der Waals surface area contributed by atoms with Crippen LogP contribution in [0, 0.1) is 6.92 Å². The molecule has 0 aromatic carbocycles. The molecule has 0 spiro atoms. The van der Waals surface area contributed by atoms with E-state index in [1.54, 1.807) is 23.1 Å². The fourth-order valence-corrected chi connectivity index (χ4v) is 2.43. The molecule has 1 heterocycles. The molecule has 11 heavy (non-hydrogen) atoms. The summed E-state index contributed by atoms with van der Waals surface area (Å²) < 4.78 is 1.11. The highest BCUT2D eigenvalue weighted by Crippen LogP contribution is 2.21. The Balaban J connectivity index is 2.38. The van der Waals surface area contributed by atoms with Crippen molar-refractivity contribution < 1.29 is 0 Å². The Kier molecular flexibility index (Phi) is 3.97. The van der Waals surface area contributed by atoms with Gasteiger partial charge in [0.1, 0.15) is 4.34 Å². The monoisotopic (exact) mass is 205 g/mol. The Morgan fingerprint density at radius 3 is 3.18 bits per heavy atom. The maximum atomic E-state index is 5.36. The van der Waals surface area contributed by atoms with Gasteiger partial charge in [-0.2, -0.15) is 0 Å². The van der Waals surface area contributed by atoms with Crippen LogP contribution < -0.4 is 0 Å². The molecule has 0 aliphatic rings. The van der Waals surface area contributed by atoms with Crippen LogP contribution in [0.5, 0.6) is 0 Å². The Morgan fingerprint density at radius 2 is 2.64 bits per heavy atom. The number of thiazole rings is 1. The Morgan fingerprint density at radius 1 is 1.82 bits per heavy atom. The van der Waals surface area contributed by atoms with Crippen molar-refractivity contribution >= 4 is 34.7 Å². The molecule has 0 radical (unpaired) electrons. The minimum Gasteiger partial charge on any atom is -0.235 e. The lowest BCUT2D eigenvalue weighted by molar-refractivity contribution is 1.16. The van der Waals surface area contributed by atoms with E-state index in [1.165, 1.54) is 5.54 Å². The van der Waals surface area contributed by atoms with Crippen molar-refractivity contribution in [3.05, 3.63) is 22.7 Å². The van der Waals surface area contributed by atoms with Gasteiger partial charge in [-0.15, -0.1) is 11.3 Å². The molecule has 1 aromatic heterocycles. The number of halogens is 1. The van der Waals surface area contributed by atoms with Crippen LogP contribution in [0.15, 0.2) is 21.3 Å². The molecule has 1 aromatic rings. The van der Waals surface area contributed by atoms with Crippen molar-refractivity contribution in [2.45, 2.75) is 11.3 Å². The number of hydrogen-bond acceptors (Lipinski definition) is 3. The van der Waals surface area contributed by atoms with Crippen molar-refractivity contribution in [3.8, 4) is 0 Å². The van der Waals surface area contributed by atoms with Crippen LogP contribution in [-0.4, -0.2) is 10.7 Å². The molecule has 4 heteroatoms. The van der Waals surface area contributed by atoms with E-state index >= 15 is 0 Å². The molecule has 0 unspecified atom stereocenters. The Hall–Kier alpha value is 0.01000. The first kappa shape index (κ1) is 9.10. The molecule has 0 amide bonds. The summed E-state index contributed by atoms with van der Waals surface area (Å²) in [6, 6.07) is 0. The highest BCUT2D eigenvalue weighted by Gasteiger charge is 1.95. The van der Waals surface area contributed by atoms with E-state index in [-0.39, 0.29) is 0 Å². The molecule has 1 nitrogen and oxygen atoms in total. The first-order valence-corrected chi connectivity index (χ1v) is 5.43. The lowest BCUT2D eigenvalue weighted by atomic mass is 10.6. The van der Waals surface area contributed by atoms with E-state index in [9.17, 15) is 0 Å². The summed E-state index contributed by atoms with van der Waals surface area (Å²) in [4.78, 5) is 4.29. The van der Waals surface area contributed by atoms with Crippen molar-refractivity contribution in [2.24, 2.45) is 0 Å². The summed E-state index contributed by atoms with van der Waals surface area (Å²) in [5, 5.41) is 2.05. The largest absolute Gasteiger partial charge is 0.235 e. The van der Waals surface area contributed by atoms with Gasteiger partial charge < -0.3 is 0 Å². The van der Waals surface area contributed by atoms with Gasteiger partial charge in [0, 0.05) is 22.4 Å². The second kappa shape index (κ2) is 4.80. The predicted molar refractivity (Wildman–Crippen MR) is 52.6 cm³/mol. The normalized spacial score (nSPS) is 11.1. The number of thioether (sulfide) groups is 1. The molecular formula is C7H8ClNS2. The number of nitrogens with zero attached hydrogens (tertiary/aromatic N) is 1. The maximum absolute atomic E-state index is 5.36. The molecule has 0 saturated heterocycles. The Bertz CT molecular complexity index is 244. The van der Waals surface area contributed by atoms with Gasteiger partial charge in [0.15, 0.2) is 0 Å². The average Bonchev–Trinajstić information content (AvgIpc) is 2.37. The fourth-order valence-electron chi connectivity index (χ4n) is 0.554. The maximum Gasteiger partial charge on any atom is 0.150 e. The van der Waals surface area contributed by atoms with Gasteiger partial charge in [0.25, 0.3) is 0 Å². The fraction of sp³-hybridized carbons (Fsp3) is 0.286. The summed E-state index contributed by atoms with van der Waals surface area (Å²) >= 11 is 8.74. The van der Waals surface area contributed by atoms with Crippen molar-refractivity contribution in [2.75, 3.05) is 5.75 Å². The van der Waals surface area contributed by atoms with E-state index in [2.05, 4.69) is 4.98 Å². The zero-order chi connectivity index (χ0) is 8.10. The molecular weight excluding hydrogens is 198 g/mol. The third-order valence-corrected chi connectivity index (χ3v) is 3.26. The number of aromatic nitrogens is 1. The lowest BCUT2D eigenvalue weighted by Gasteiger charge is -1.87. The van der Waals surface area contributed by atoms with Gasteiger partial charge in [-0.25, -0.2) is 4.98 Å². The van der Waals surface area contributed by atoms with Crippen molar-refractivity contribution in [3.63, 3.8) is 0 Å². The minimum absolute atomic E-state index is 0.899. The smallest absolute Gasteiger partial charge is 0.150 e. The van der Waals surface area contributed by atoms with Crippen LogP contribution in [0.4, 0.5) is 0 Å². The quantitative estimate of drug-likeness (QED) is 0.703. The summed E-state index contributed by atoms with van der Waals surface area (Å²) in [5.41, 5.74) is 2.63. The molecule has 60 valence electrons. The van der Waals surface area contributed by atoms with Gasteiger partial charge in [0.05, 0.1) is 0 Å². The van der Waals surface area contributed by atoms with Gasteiger partial charge in [0.2, 0.25) is 0 Å². The summed E-state index contributed by atoms with van der Waals surface area (Å²) in [6.07, 6.45) is 1.91. The molecule has 0 bridgehead atoms. The Labute approximate surface area is 79.5 Å². The van der Waals surface area contributed by atoms with Crippen molar-refractivity contribution in [1.29, 1.82) is 0 Å². The van der Waals surface area contributed by atoms with Gasteiger partial charge in [-0.1, -0.05) is 29.4 Å². The third kappa shape index (κ3) is 3.27. The highest BCUT2D eigenvalue weighted by molar-refractivity contribution is 8.01. The highest BCUT2D eigenvalue weighted by atomic mass is 35.5. The van der Waals surface area contributed by atoms with Crippen LogP contribution in [-0.2, 0) is 0 Å². The molecule has 0 aliphatic carbocycles. The second-order valence-corrected chi connectivity index (χ2v) is 4.30. The van der Waals surface area contributed by atoms with Crippen LogP contribution in [0.25, 0.3) is 0 Å². The zero-order valence-corrected chi connectivity index (χ0v) is 8.47. The number of rotatable bonds is 3. The molecule has 0 fully saturated rings. The predicted octanol–water partition coefficient (Wildman–Crippen LogP) is 3.30. The zero-order valence-electron chi connectivity index (χ0n) is 6.08. The summed E-state index contributed by atoms with van der Waals surface area (Å²) in [7, 11) is 0. The molecule has 0 atom stereocenters. The number of aryl methyl sites for hydroxylation is 1. The van der Waals surface area contributed by atoms with E-state index < -0.39 is 0 Å². The summed E-state index contributed by atoms with van der Waals surface area (Å²) in [6.45, 7) is 2.00. The van der Waals surface area contributed by atoms with E-state index in [0.29, 0.717) is 0 Å². The lowest BCUT2D eigenvalue weighted by Crippen LogP contribution is -1.72. The minimum atomic E-state index is 0.899. The third-order valence-electron chi connectivity index (χ3n) is 0.990. The van der Waals surface area contributed by atoms with Gasteiger partial charge in [-0.3, -0.25) is 0 Å². The van der Waals surface area contributed by atoms with Crippen LogP contribution in [0.1, 0.15) is 5.69 Å². The second-order valence-electron chi connectivity index (χ2n) is 1.93. The number of hydrogen-bond donors (Lipinski definition) is 0.